The maximum Gasteiger partial charge on any atom is 0.337 e. The summed E-state index contributed by atoms with van der Waals surface area (Å²) in [6.07, 6.45) is 0.284. The molecule has 0 bridgehead atoms. The van der Waals surface area contributed by atoms with Crippen molar-refractivity contribution in [1.29, 1.82) is 0 Å². The van der Waals surface area contributed by atoms with Crippen LogP contribution in [0.25, 0.3) is 0 Å². The third-order valence-electron chi connectivity index (χ3n) is 3.16. The molecule has 2 N–H and O–H groups in total. The number of amides is 1. The van der Waals surface area contributed by atoms with E-state index in [9.17, 15) is 14.4 Å². The van der Waals surface area contributed by atoms with Gasteiger partial charge in [-0.05, 0) is 18.2 Å². The number of methoxy groups -OCH3 is 1. The number of thioether (sulfide) groups is 1. The predicted molar refractivity (Wildman–Crippen MR) is 81.2 cm³/mol. The van der Waals surface area contributed by atoms with E-state index in [0.717, 1.165) is 11.8 Å². The van der Waals surface area contributed by atoms with Gasteiger partial charge in [0.2, 0.25) is 5.91 Å². The molecule has 1 aromatic rings. The molecule has 0 radical (unpaired) electrons. The van der Waals surface area contributed by atoms with Gasteiger partial charge in [-0.2, -0.15) is 0 Å². The highest BCUT2D eigenvalue weighted by atomic mass is 32.2. The molecule has 6 nitrogen and oxygen atoms in total. The van der Waals surface area contributed by atoms with Crippen LogP contribution in [0.15, 0.2) is 18.2 Å². The van der Waals surface area contributed by atoms with Gasteiger partial charge in [-0.15, -0.1) is 0 Å². The lowest BCUT2D eigenvalue weighted by molar-refractivity contribution is -0.117. The van der Waals surface area contributed by atoms with Gasteiger partial charge in [0.15, 0.2) is 5.12 Å². The lowest BCUT2D eigenvalue weighted by Crippen LogP contribution is -2.26. The fraction of sp³-hybridized carbons (Fsp3) is 0.357. The number of nitrogen functional groups attached to an aromatic ring is 1. The van der Waals surface area contributed by atoms with E-state index in [2.05, 4.69) is 4.74 Å². The second-order valence-corrected chi connectivity index (χ2v) is 6.18. The van der Waals surface area contributed by atoms with E-state index in [1.807, 2.05) is 0 Å². The largest absolute Gasteiger partial charge is 0.465 e. The minimum atomic E-state index is -0.488. The van der Waals surface area contributed by atoms with Crippen LogP contribution >= 0.6 is 11.8 Å². The van der Waals surface area contributed by atoms with Crippen LogP contribution in [0.4, 0.5) is 11.4 Å². The maximum atomic E-state index is 12.1. The van der Waals surface area contributed by atoms with E-state index in [1.54, 1.807) is 18.2 Å². The average molecular weight is 308 g/mol. The molecule has 0 aliphatic carbocycles. The number of esters is 1. The van der Waals surface area contributed by atoms with Crippen molar-refractivity contribution in [3.63, 3.8) is 0 Å². The van der Waals surface area contributed by atoms with Crippen LogP contribution in [0.3, 0.4) is 0 Å². The molecule has 1 aromatic carbocycles. The Balaban J connectivity index is 2.27. The van der Waals surface area contributed by atoms with E-state index in [-0.39, 0.29) is 22.7 Å². The number of carbonyl (C=O) groups excluding carboxylic acids is 3. The van der Waals surface area contributed by atoms with E-state index in [4.69, 9.17) is 5.73 Å². The molecule has 1 amide bonds. The number of hydrogen-bond acceptors (Lipinski definition) is 6. The highest BCUT2D eigenvalue weighted by molar-refractivity contribution is 8.14. The Kier molecular flexibility index (Phi) is 4.52. The van der Waals surface area contributed by atoms with Crippen molar-refractivity contribution in [3.8, 4) is 0 Å². The first-order valence-corrected chi connectivity index (χ1v) is 7.25. The van der Waals surface area contributed by atoms with Gasteiger partial charge in [0, 0.05) is 25.1 Å². The van der Waals surface area contributed by atoms with Crippen molar-refractivity contribution in [2.75, 3.05) is 24.3 Å². The van der Waals surface area contributed by atoms with Crippen molar-refractivity contribution < 1.29 is 19.1 Å². The molecule has 1 unspecified atom stereocenters. The van der Waals surface area contributed by atoms with Crippen LogP contribution in [-0.4, -0.2) is 35.9 Å². The topological polar surface area (TPSA) is 89.7 Å². The number of carbonyl (C=O) groups is 3. The molecular weight excluding hydrogens is 292 g/mol. The Bertz CT molecular complexity index is 603. The van der Waals surface area contributed by atoms with Crippen LogP contribution in [0.2, 0.25) is 0 Å². The molecule has 1 aliphatic rings. The lowest BCUT2D eigenvalue weighted by Gasteiger charge is -2.19. The minimum Gasteiger partial charge on any atom is -0.465 e. The maximum absolute atomic E-state index is 12.1. The van der Waals surface area contributed by atoms with Crippen LogP contribution in [0, 0.1) is 0 Å². The Hall–Kier alpha value is -2.02. The molecule has 0 saturated carbocycles. The summed E-state index contributed by atoms with van der Waals surface area (Å²) < 4.78 is 4.66. The standard InChI is InChI=1S/C14H16N2O4S/c1-8(17)21-10-6-13(18)16(7-10)12-5-9(14(19)20-2)3-4-11(12)15/h3-5,10H,6-7,15H2,1-2H3. The molecule has 21 heavy (non-hydrogen) atoms. The summed E-state index contributed by atoms with van der Waals surface area (Å²) >= 11 is 1.15. The summed E-state index contributed by atoms with van der Waals surface area (Å²) in [5.41, 5.74) is 7.12. The van der Waals surface area contributed by atoms with Crippen molar-refractivity contribution in [2.24, 2.45) is 0 Å². The van der Waals surface area contributed by atoms with Gasteiger partial charge in [-0.3, -0.25) is 9.59 Å². The quantitative estimate of drug-likeness (QED) is 0.671. The van der Waals surface area contributed by atoms with Crippen molar-refractivity contribution >= 4 is 40.1 Å². The van der Waals surface area contributed by atoms with Crippen LogP contribution in [-0.2, 0) is 14.3 Å². The van der Waals surface area contributed by atoms with Crippen LogP contribution < -0.4 is 10.6 Å². The molecule has 1 fully saturated rings. The normalized spacial score (nSPS) is 17.9. The molecule has 112 valence electrons. The number of benzene rings is 1. The number of anilines is 2. The Morgan fingerprint density at radius 3 is 2.76 bits per heavy atom. The van der Waals surface area contributed by atoms with E-state index < -0.39 is 5.97 Å². The summed E-state index contributed by atoms with van der Waals surface area (Å²) in [5.74, 6) is -0.597. The molecular formula is C14H16N2O4S. The molecule has 1 aliphatic heterocycles. The lowest BCUT2D eigenvalue weighted by atomic mass is 10.1. The molecule has 1 heterocycles. The summed E-state index contributed by atoms with van der Waals surface area (Å²) in [6.45, 7) is 1.88. The highest BCUT2D eigenvalue weighted by Crippen LogP contribution is 2.32. The Morgan fingerprint density at radius 1 is 1.43 bits per heavy atom. The zero-order chi connectivity index (χ0) is 15.6. The molecule has 7 heteroatoms. The van der Waals surface area contributed by atoms with Gasteiger partial charge in [-0.1, -0.05) is 11.8 Å². The summed E-state index contributed by atoms with van der Waals surface area (Å²) in [7, 11) is 1.29. The van der Waals surface area contributed by atoms with Crippen molar-refractivity contribution in [3.05, 3.63) is 23.8 Å². The second kappa shape index (κ2) is 6.17. The monoisotopic (exact) mass is 308 g/mol. The van der Waals surface area contributed by atoms with E-state index >= 15 is 0 Å². The number of rotatable bonds is 3. The first-order chi connectivity index (χ1) is 9.92. The third-order valence-corrected chi connectivity index (χ3v) is 4.15. The van der Waals surface area contributed by atoms with E-state index in [0.29, 0.717) is 23.5 Å². The van der Waals surface area contributed by atoms with Crippen molar-refractivity contribution in [1.82, 2.24) is 0 Å². The first-order valence-electron chi connectivity index (χ1n) is 6.37. The zero-order valence-corrected chi connectivity index (χ0v) is 12.6. The van der Waals surface area contributed by atoms with E-state index in [1.165, 1.54) is 18.9 Å². The van der Waals surface area contributed by atoms with Gasteiger partial charge >= 0.3 is 5.97 Å². The van der Waals surface area contributed by atoms with Gasteiger partial charge in [-0.25, -0.2) is 4.79 Å². The third kappa shape index (κ3) is 3.36. The highest BCUT2D eigenvalue weighted by Gasteiger charge is 2.33. The number of ether oxygens (including phenoxy) is 1. The van der Waals surface area contributed by atoms with Gasteiger partial charge in [0.25, 0.3) is 0 Å². The van der Waals surface area contributed by atoms with Gasteiger partial charge in [0.05, 0.1) is 24.0 Å². The van der Waals surface area contributed by atoms with Crippen LogP contribution in [0.1, 0.15) is 23.7 Å². The average Bonchev–Trinajstić information content (AvgIpc) is 2.78. The SMILES string of the molecule is COC(=O)c1ccc(N)c(N2CC(SC(C)=O)CC2=O)c1. The fourth-order valence-corrected chi connectivity index (χ4v) is 3.16. The van der Waals surface area contributed by atoms with Gasteiger partial charge < -0.3 is 15.4 Å². The Labute approximate surface area is 126 Å². The summed E-state index contributed by atoms with van der Waals surface area (Å²) in [4.78, 5) is 36.3. The predicted octanol–water partition coefficient (Wildman–Crippen LogP) is 1.44. The molecule has 2 rings (SSSR count). The smallest absolute Gasteiger partial charge is 0.337 e. The molecule has 0 aromatic heterocycles. The van der Waals surface area contributed by atoms with Crippen LogP contribution in [0.5, 0.6) is 0 Å². The second-order valence-electron chi connectivity index (χ2n) is 4.71. The summed E-state index contributed by atoms with van der Waals surface area (Å²) in [6, 6.07) is 4.66. The molecule has 1 saturated heterocycles. The summed E-state index contributed by atoms with van der Waals surface area (Å²) in [5, 5.41) is -0.109. The van der Waals surface area contributed by atoms with Crippen molar-refractivity contribution in [2.45, 2.75) is 18.6 Å². The fourth-order valence-electron chi connectivity index (χ4n) is 2.24. The molecule has 0 spiro atoms. The minimum absolute atomic E-state index is 0.0223. The Morgan fingerprint density at radius 2 is 2.14 bits per heavy atom. The number of nitrogens with zero attached hydrogens (tertiary/aromatic N) is 1. The van der Waals surface area contributed by atoms with Gasteiger partial charge in [0.1, 0.15) is 0 Å². The first kappa shape index (κ1) is 15.4. The number of hydrogen-bond donors (Lipinski definition) is 1. The zero-order valence-electron chi connectivity index (χ0n) is 11.8. The molecule has 1 atom stereocenters. The number of nitrogens with two attached hydrogens (primary N) is 1.